The van der Waals surface area contributed by atoms with E-state index in [1.54, 1.807) is 36.7 Å². The number of rotatable bonds is 1. The van der Waals surface area contributed by atoms with Crippen LogP contribution in [0.25, 0.3) is 0 Å². The third kappa shape index (κ3) is 1.78. The second-order valence-electron chi connectivity index (χ2n) is 3.17. The molecular weight excluding hydrogens is 212 g/mol. The Balaban J connectivity index is 2.47. The van der Waals surface area contributed by atoms with Gasteiger partial charge in [-0.1, -0.05) is 17.7 Å². The molecule has 0 fully saturated rings. The van der Waals surface area contributed by atoms with Gasteiger partial charge in [0.05, 0.1) is 0 Å². The second-order valence-corrected chi connectivity index (χ2v) is 3.58. The van der Waals surface area contributed by atoms with Crippen molar-refractivity contribution in [3.8, 4) is 0 Å². The highest BCUT2D eigenvalue weighted by atomic mass is 35.5. The van der Waals surface area contributed by atoms with Crippen molar-refractivity contribution in [3.63, 3.8) is 0 Å². The Morgan fingerprint density at radius 3 is 2.87 bits per heavy atom. The Labute approximate surface area is 92.3 Å². The first-order valence-corrected chi connectivity index (χ1v) is 4.87. The van der Waals surface area contributed by atoms with E-state index in [0.717, 1.165) is 5.56 Å². The van der Waals surface area contributed by atoms with Crippen molar-refractivity contribution in [2.45, 2.75) is 6.92 Å². The zero-order valence-corrected chi connectivity index (χ0v) is 8.90. The lowest BCUT2D eigenvalue weighted by atomic mass is 10.1. The van der Waals surface area contributed by atoms with Gasteiger partial charge in [0.1, 0.15) is 0 Å². The van der Waals surface area contributed by atoms with Gasteiger partial charge in [-0.3, -0.25) is 4.79 Å². The first-order chi connectivity index (χ1) is 7.20. The summed E-state index contributed by atoms with van der Waals surface area (Å²) in [6.45, 7) is 1.82. The van der Waals surface area contributed by atoms with Crippen LogP contribution in [0.2, 0.25) is 5.02 Å². The highest BCUT2D eigenvalue weighted by Gasteiger charge is 2.12. The third-order valence-electron chi connectivity index (χ3n) is 2.21. The maximum atomic E-state index is 11.9. The molecule has 0 saturated heterocycles. The number of carbonyl (C=O) groups excluding carboxylic acids is 1. The van der Waals surface area contributed by atoms with Gasteiger partial charge in [0.25, 0.3) is 5.91 Å². The molecule has 0 radical (unpaired) electrons. The van der Waals surface area contributed by atoms with Crippen molar-refractivity contribution >= 4 is 17.5 Å². The Hall–Kier alpha value is -1.61. The lowest BCUT2D eigenvalue weighted by molar-refractivity contribution is 0.0944. The number of hydrogen-bond donors (Lipinski definition) is 0. The zero-order chi connectivity index (χ0) is 10.8. The molecule has 1 aromatic carbocycles. The molecular formula is C11H9ClN2O. The Morgan fingerprint density at radius 1 is 1.40 bits per heavy atom. The maximum Gasteiger partial charge on any atom is 0.278 e. The van der Waals surface area contributed by atoms with Gasteiger partial charge in [-0.15, -0.1) is 0 Å². The second kappa shape index (κ2) is 3.87. The van der Waals surface area contributed by atoms with Crippen molar-refractivity contribution in [1.82, 2.24) is 9.78 Å². The van der Waals surface area contributed by atoms with Gasteiger partial charge < -0.3 is 0 Å². The number of carbonyl (C=O) groups is 1. The highest BCUT2D eigenvalue weighted by molar-refractivity contribution is 6.31. The van der Waals surface area contributed by atoms with Gasteiger partial charge in [-0.05, 0) is 30.7 Å². The first-order valence-electron chi connectivity index (χ1n) is 4.49. The molecule has 0 aliphatic carbocycles. The number of benzene rings is 1. The van der Waals surface area contributed by atoms with E-state index in [-0.39, 0.29) is 5.91 Å². The summed E-state index contributed by atoms with van der Waals surface area (Å²) < 4.78 is 1.29. The molecule has 15 heavy (non-hydrogen) atoms. The molecule has 1 heterocycles. The van der Waals surface area contributed by atoms with Gasteiger partial charge in [0.2, 0.25) is 0 Å². The molecule has 0 bridgehead atoms. The average molecular weight is 221 g/mol. The summed E-state index contributed by atoms with van der Waals surface area (Å²) in [5.41, 5.74) is 1.35. The Morgan fingerprint density at radius 2 is 2.20 bits per heavy atom. The van der Waals surface area contributed by atoms with Crippen LogP contribution in [-0.4, -0.2) is 15.7 Å². The molecule has 0 spiro atoms. The van der Waals surface area contributed by atoms with Crippen LogP contribution in [0.1, 0.15) is 15.9 Å². The van der Waals surface area contributed by atoms with Crippen LogP contribution in [0.3, 0.4) is 0 Å². The van der Waals surface area contributed by atoms with E-state index >= 15 is 0 Å². The van der Waals surface area contributed by atoms with Gasteiger partial charge >= 0.3 is 0 Å². The molecule has 0 amide bonds. The minimum absolute atomic E-state index is 0.167. The molecule has 0 unspecified atom stereocenters. The van der Waals surface area contributed by atoms with Crippen LogP contribution in [-0.2, 0) is 0 Å². The topological polar surface area (TPSA) is 34.9 Å². The molecule has 2 rings (SSSR count). The fourth-order valence-electron chi connectivity index (χ4n) is 1.35. The molecule has 2 aromatic rings. The molecule has 0 atom stereocenters. The highest BCUT2D eigenvalue weighted by Crippen LogP contribution is 2.19. The van der Waals surface area contributed by atoms with Crippen LogP contribution in [0.15, 0.2) is 36.7 Å². The van der Waals surface area contributed by atoms with Gasteiger partial charge in [-0.25, -0.2) is 4.68 Å². The Kier molecular flexibility index (Phi) is 2.56. The van der Waals surface area contributed by atoms with E-state index in [9.17, 15) is 4.79 Å². The number of halogens is 1. The summed E-state index contributed by atoms with van der Waals surface area (Å²) in [6, 6.07) is 6.96. The van der Waals surface area contributed by atoms with Crippen molar-refractivity contribution < 1.29 is 4.79 Å². The van der Waals surface area contributed by atoms with Crippen LogP contribution >= 0.6 is 11.6 Å². The van der Waals surface area contributed by atoms with Gasteiger partial charge in [0, 0.05) is 23.0 Å². The molecule has 0 aliphatic heterocycles. The molecule has 1 aromatic heterocycles. The number of nitrogens with zero attached hydrogens (tertiary/aromatic N) is 2. The standard InChI is InChI=1S/C11H9ClN2O/c1-8-9(4-2-5-10(8)12)11(15)14-7-3-6-13-14/h2-7H,1H3. The van der Waals surface area contributed by atoms with Gasteiger partial charge in [0.15, 0.2) is 0 Å². The molecule has 0 aliphatic rings. The summed E-state index contributed by atoms with van der Waals surface area (Å²) in [7, 11) is 0. The monoisotopic (exact) mass is 220 g/mol. The summed E-state index contributed by atoms with van der Waals surface area (Å²) >= 11 is 5.94. The largest absolute Gasteiger partial charge is 0.278 e. The van der Waals surface area contributed by atoms with Crippen LogP contribution in [0, 0.1) is 6.92 Å². The minimum atomic E-state index is -0.167. The van der Waals surface area contributed by atoms with E-state index in [4.69, 9.17) is 11.6 Å². The lowest BCUT2D eigenvalue weighted by Gasteiger charge is -2.05. The molecule has 3 nitrogen and oxygen atoms in total. The maximum absolute atomic E-state index is 11.9. The van der Waals surface area contributed by atoms with Crippen molar-refractivity contribution in [2.24, 2.45) is 0 Å². The average Bonchev–Trinajstić information content (AvgIpc) is 2.74. The number of aromatic nitrogens is 2. The van der Waals surface area contributed by atoms with Crippen LogP contribution in [0.5, 0.6) is 0 Å². The summed E-state index contributed by atoms with van der Waals surface area (Å²) in [5.74, 6) is -0.167. The third-order valence-corrected chi connectivity index (χ3v) is 2.62. The van der Waals surface area contributed by atoms with Crippen LogP contribution in [0.4, 0.5) is 0 Å². The van der Waals surface area contributed by atoms with Gasteiger partial charge in [-0.2, -0.15) is 5.10 Å². The van der Waals surface area contributed by atoms with Crippen molar-refractivity contribution in [3.05, 3.63) is 52.8 Å². The summed E-state index contributed by atoms with van der Waals surface area (Å²) in [6.07, 6.45) is 3.18. The van der Waals surface area contributed by atoms with E-state index < -0.39 is 0 Å². The van der Waals surface area contributed by atoms with Crippen molar-refractivity contribution in [1.29, 1.82) is 0 Å². The summed E-state index contributed by atoms with van der Waals surface area (Å²) in [4.78, 5) is 11.9. The van der Waals surface area contributed by atoms with E-state index in [0.29, 0.717) is 10.6 Å². The first kappa shape index (κ1) is 9.93. The van der Waals surface area contributed by atoms with Crippen LogP contribution < -0.4 is 0 Å². The molecule has 76 valence electrons. The molecule has 0 saturated carbocycles. The predicted molar refractivity (Wildman–Crippen MR) is 58.1 cm³/mol. The predicted octanol–water partition coefficient (Wildman–Crippen LogP) is 2.53. The minimum Gasteiger partial charge on any atom is -0.267 e. The quantitative estimate of drug-likeness (QED) is 0.740. The van der Waals surface area contributed by atoms with E-state index in [1.165, 1.54) is 4.68 Å². The van der Waals surface area contributed by atoms with E-state index in [2.05, 4.69) is 5.10 Å². The number of hydrogen-bond acceptors (Lipinski definition) is 2. The fraction of sp³-hybridized carbons (Fsp3) is 0.0909. The zero-order valence-electron chi connectivity index (χ0n) is 8.14. The Bertz CT molecular complexity index is 491. The van der Waals surface area contributed by atoms with Crippen molar-refractivity contribution in [2.75, 3.05) is 0 Å². The smallest absolute Gasteiger partial charge is 0.267 e. The molecule has 0 N–H and O–H groups in total. The summed E-state index contributed by atoms with van der Waals surface area (Å²) in [5, 5.41) is 4.48. The van der Waals surface area contributed by atoms with E-state index in [1.807, 2.05) is 6.92 Å². The normalized spacial score (nSPS) is 10.3. The molecule has 4 heteroatoms. The lowest BCUT2D eigenvalue weighted by Crippen LogP contribution is -2.13. The SMILES string of the molecule is Cc1c(Cl)cccc1C(=O)n1cccn1. The fourth-order valence-corrected chi connectivity index (χ4v) is 1.53.